The van der Waals surface area contributed by atoms with E-state index < -0.39 is 0 Å². The van der Waals surface area contributed by atoms with Crippen LogP contribution in [0.2, 0.25) is 0 Å². The maximum absolute atomic E-state index is 3.44. The average molecular weight is 203 g/mol. The van der Waals surface area contributed by atoms with Crippen LogP contribution in [-0.4, -0.2) is 25.1 Å². The molecule has 0 spiro atoms. The van der Waals surface area contributed by atoms with Crippen molar-refractivity contribution in [2.75, 3.05) is 25.5 Å². The van der Waals surface area contributed by atoms with Gasteiger partial charge in [-0.3, -0.25) is 0 Å². The fourth-order valence-electron chi connectivity index (χ4n) is 1.82. The van der Waals surface area contributed by atoms with Gasteiger partial charge in [0.1, 0.15) is 0 Å². The number of aryl methyl sites for hydroxylation is 1. The van der Waals surface area contributed by atoms with E-state index in [0.29, 0.717) is 0 Å². The van der Waals surface area contributed by atoms with Crippen molar-refractivity contribution >= 4 is 16.6 Å². The summed E-state index contributed by atoms with van der Waals surface area (Å²) in [4.78, 5) is 3.37. The van der Waals surface area contributed by atoms with E-state index in [1.54, 1.807) is 0 Å². The summed E-state index contributed by atoms with van der Waals surface area (Å²) in [5, 5.41) is 7.84. The number of benzene rings is 1. The molecular weight excluding hydrogens is 186 g/mol. The highest BCUT2D eigenvalue weighted by atomic mass is 15.0. The summed E-state index contributed by atoms with van der Waals surface area (Å²) in [6.07, 6.45) is 0. The normalized spacial score (nSPS) is 10.8. The Morgan fingerprint density at radius 2 is 2.00 bits per heavy atom. The highest BCUT2D eigenvalue weighted by Gasteiger charge is 2.05. The zero-order valence-electron chi connectivity index (χ0n) is 9.22. The van der Waals surface area contributed by atoms with Crippen molar-refractivity contribution in [1.29, 1.82) is 0 Å². The van der Waals surface area contributed by atoms with Gasteiger partial charge >= 0.3 is 0 Å². The molecule has 2 rings (SSSR count). The molecule has 2 aromatic rings. The van der Waals surface area contributed by atoms with E-state index in [4.69, 9.17) is 0 Å². The minimum atomic E-state index is 0.944. The van der Waals surface area contributed by atoms with Crippen molar-refractivity contribution in [3.8, 4) is 0 Å². The van der Waals surface area contributed by atoms with Crippen LogP contribution >= 0.6 is 0 Å². The van der Waals surface area contributed by atoms with Crippen LogP contribution in [0, 0.1) is 6.92 Å². The number of H-pyrrole nitrogens is 1. The van der Waals surface area contributed by atoms with Gasteiger partial charge in [0.2, 0.25) is 0 Å². The largest absolute Gasteiger partial charge is 0.382 e. The van der Waals surface area contributed by atoms with E-state index >= 15 is 0 Å². The number of aromatic amines is 1. The second kappa shape index (κ2) is 4.36. The van der Waals surface area contributed by atoms with Crippen LogP contribution in [0.15, 0.2) is 24.3 Å². The molecule has 1 aromatic carbocycles. The lowest BCUT2D eigenvalue weighted by Crippen LogP contribution is -2.17. The SMILES string of the molecule is CNCCNc1c(C)[nH]c2ccccc12. The third-order valence-corrected chi connectivity index (χ3v) is 2.57. The highest BCUT2D eigenvalue weighted by Crippen LogP contribution is 2.26. The highest BCUT2D eigenvalue weighted by molar-refractivity contribution is 5.94. The smallest absolute Gasteiger partial charge is 0.0628 e. The molecule has 3 N–H and O–H groups in total. The number of nitrogens with one attached hydrogen (secondary N) is 3. The molecular formula is C12H17N3. The predicted octanol–water partition coefficient (Wildman–Crippen LogP) is 2.11. The molecule has 0 aliphatic carbocycles. The summed E-state index contributed by atoms with van der Waals surface area (Å²) in [5.41, 5.74) is 3.62. The average Bonchev–Trinajstić information content (AvgIpc) is 2.56. The molecule has 0 aliphatic rings. The summed E-state index contributed by atoms with van der Waals surface area (Å²) < 4.78 is 0. The molecule has 0 bridgehead atoms. The topological polar surface area (TPSA) is 39.8 Å². The first-order valence-electron chi connectivity index (χ1n) is 5.28. The number of hydrogen-bond acceptors (Lipinski definition) is 2. The van der Waals surface area contributed by atoms with Crippen molar-refractivity contribution in [3.63, 3.8) is 0 Å². The van der Waals surface area contributed by atoms with E-state index in [1.165, 1.54) is 22.3 Å². The number of likely N-dealkylation sites (N-methyl/N-ethyl adjacent to an activating group) is 1. The fourth-order valence-corrected chi connectivity index (χ4v) is 1.82. The molecule has 0 saturated heterocycles. The Balaban J connectivity index is 2.28. The molecule has 1 aromatic heterocycles. The zero-order valence-corrected chi connectivity index (χ0v) is 9.22. The quantitative estimate of drug-likeness (QED) is 0.666. The molecule has 0 fully saturated rings. The summed E-state index contributed by atoms with van der Waals surface area (Å²) in [6, 6.07) is 8.36. The summed E-state index contributed by atoms with van der Waals surface area (Å²) in [7, 11) is 1.96. The fraction of sp³-hybridized carbons (Fsp3) is 0.333. The van der Waals surface area contributed by atoms with E-state index in [1.807, 2.05) is 7.05 Å². The van der Waals surface area contributed by atoms with Crippen LogP contribution in [-0.2, 0) is 0 Å². The monoisotopic (exact) mass is 203 g/mol. The number of fused-ring (bicyclic) bond motifs is 1. The van der Waals surface area contributed by atoms with E-state index in [0.717, 1.165) is 13.1 Å². The van der Waals surface area contributed by atoms with E-state index in [9.17, 15) is 0 Å². The molecule has 3 heteroatoms. The Labute approximate surface area is 89.9 Å². The minimum Gasteiger partial charge on any atom is -0.382 e. The molecule has 0 saturated carbocycles. The molecule has 80 valence electrons. The Bertz CT molecular complexity index is 445. The lowest BCUT2D eigenvalue weighted by Gasteiger charge is -2.05. The first-order chi connectivity index (χ1) is 7.33. The molecule has 0 radical (unpaired) electrons. The minimum absolute atomic E-state index is 0.944. The number of rotatable bonds is 4. The van der Waals surface area contributed by atoms with Crippen molar-refractivity contribution in [3.05, 3.63) is 30.0 Å². The number of para-hydroxylation sites is 1. The zero-order chi connectivity index (χ0) is 10.7. The van der Waals surface area contributed by atoms with Gasteiger partial charge in [-0.05, 0) is 20.0 Å². The van der Waals surface area contributed by atoms with Crippen LogP contribution in [0.5, 0.6) is 0 Å². The number of aromatic nitrogens is 1. The summed E-state index contributed by atoms with van der Waals surface area (Å²) in [6.45, 7) is 4.01. The van der Waals surface area contributed by atoms with Crippen LogP contribution in [0.4, 0.5) is 5.69 Å². The number of anilines is 1. The van der Waals surface area contributed by atoms with Gasteiger partial charge in [-0.1, -0.05) is 18.2 Å². The van der Waals surface area contributed by atoms with Crippen LogP contribution < -0.4 is 10.6 Å². The standard InChI is InChI=1S/C12H17N3/c1-9-12(14-8-7-13-2)10-5-3-4-6-11(10)15-9/h3-6,13-15H,7-8H2,1-2H3. The molecule has 0 aliphatic heterocycles. The lowest BCUT2D eigenvalue weighted by atomic mass is 10.2. The molecule has 3 nitrogen and oxygen atoms in total. The first kappa shape index (κ1) is 10.1. The van der Waals surface area contributed by atoms with Crippen molar-refractivity contribution in [1.82, 2.24) is 10.3 Å². The molecule has 0 atom stereocenters. The van der Waals surface area contributed by atoms with Crippen molar-refractivity contribution in [2.45, 2.75) is 6.92 Å². The molecule has 15 heavy (non-hydrogen) atoms. The molecule has 0 amide bonds. The van der Waals surface area contributed by atoms with Gasteiger partial charge in [-0.2, -0.15) is 0 Å². The van der Waals surface area contributed by atoms with Gasteiger partial charge in [-0.15, -0.1) is 0 Å². The third-order valence-electron chi connectivity index (χ3n) is 2.57. The molecule has 0 unspecified atom stereocenters. The number of hydrogen-bond donors (Lipinski definition) is 3. The predicted molar refractivity (Wildman–Crippen MR) is 65.5 cm³/mol. The van der Waals surface area contributed by atoms with Gasteiger partial charge in [0.25, 0.3) is 0 Å². The Morgan fingerprint density at radius 1 is 1.20 bits per heavy atom. The second-order valence-electron chi connectivity index (χ2n) is 3.70. The van der Waals surface area contributed by atoms with Gasteiger partial charge in [0.15, 0.2) is 0 Å². The van der Waals surface area contributed by atoms with Crippen molar-refractivity contribution < 1.29 is 0 Å². The maximum Gasteiger partial charge on any atom is 0.0628 e. The molecule has 1 heterocycles. The van der Waals surface area contributed by atoms with Crippen LogP contribution in [0.1, 0.15) is 5.69 Å². The Kier molecular flexibility index (Phi) is 2.92. The van der Waals surface area contributed by atoms with Gasteiger partial charge in [-0.25, -0.2) is 0 Å². The van der Waals surface area contributed by atoms with Crippen LogP contribution in [0.3, 0.4) is 0 Å². The van der Waals surface area contributed by atoms with E-state index in [2.05, 4.69) is 46.8 Å². The maximum atomic E-state index is 3.44. The first-order valence-corrected chi connectivity index (χ1v) is 5.28. The summed E-state index contributed by atoms with van der Waals surface area (Å²) >= 11 is 0. The van der Waals surface area contributed by atoms with Crippen LogP contribution in [0.25, 0.3) is 10.9 Å². The van der Waals surface area contributed by atoms with Gasteiger partial charge in [0.05, 0.1) is 5.69 Å². The summed E-state index contributed by atoms with van der Waals surface area (Å²) in [5.74, 6) is 0. The van der Waals surface area contributed by atoms with Gasteiger partial charge in [0, 0.05) is 29.7 Å². The Morgan fingerprint density at radius 3 is 2.80 bits per heavy atom. The lowest BCUT2D eigenvalue weighted by molar-refractivity contribution is 0.824. The van der Waals surface area contributed by atoms with E-state index in [-0.39, 0.29) is 0 Å². The third kappa shape index (κ3) is 1.97. The Hall–Kier alpha value is -1.48. The van der Waals surface area contributed by atoms with Gasteiger partial charge < -0.3 is 15.6 Å². The van der Waals surface area contributed by atoms with Crippen molar-refractivity contribution in [2.24, 2.45) is 0 Å². The second-order valence-corrected chi connectivity index (χ2v) is 3.70.